The lowest BCUT2D eigenvalue weighted by Crippen LogP contribution is -2.35. The van der Waals surface area contributed by atoms with Gasteiger partial charge in [0.15, 0.2) is 5.13 Å². The molecule has 0 saturated carbocycles. The predicted octanol–water partition coefficient (Wildman–Crippen LogP) is 4.87. The molecule has 1 N–H and O–H groups in total. The Balaban J connectivity index is 1.58. The highest BCUT2D eigenvalue weighted by Crippen LogP contribution is 2.35. The number of amides is 2. The molecule has 0 aliphatic carbocycles. The molecular formula is C29H28N4O4S. The standard InChI is InChI=1S/C29H28N4O4S/c1-32(2)28(37)24-14-13-20(17-30-24)22-11-7-8-12-23(22)25-18-38-29(31-25)33(3)27(36)21(16-26(34)35)15-19-9-5-4-6-10-19/h4-14,17-18,21H,15-16H2,1-3H3,(H,34,35)/t21-/m1/s1. The quantitative estimate of drug-likeness (QED) is 0.332. The van der Waals surface area contributed by atoms with E-state index in [0.29, 0.717) is 22.9 Å². The molecule has 8 nitrogen and oxygen atoms in total. The zero-order valence-corrected chi connectivity index (χ0v) is 22.2. The third-order valence-electron chi connectivity index (χ3n) is 6.11. The first kappa shape index (κ1) is 26.7. The first-order valence-corrected chi connectivity index (χ1v) is 12.9. The molecule has 4 rings (SSSR count). The van der Waals surface area contributed by atoms with Gasteiger partial charge in [0.2, 0.25) is 5.91 Å². The molecule has 2 aromatic carbocycles. The van der Waals surface area contributed by atoms with Gasteiger partial charge in [0.05, 0.1) is 18.0 Å². The van der Waals surface area contributed by atoms with Crippen molar-refractivity contribution in [1.29, 1.82) is 0 Å². The predicted molar refractivity (Wildman–Crippen MR) is 148 cm³/mol. The molecule has 0 radical (unpaired) electrons. The van der Waals surface area contributed by atoms with Crippen LogP contribution in [0.25, 0.3) is 22.4 Å². The lowest BCUT2D eigenvalue weighted by Gasteiger charge is -2.21. The van der Waals surface area contributed by atoms with Crippen molar-refractivity contribution in [3.8, 4) is 22.4 Å². The van der Waals surface area contributed by atoms with Crippen molar-refractivity contribution in [2.75, 3.05) is 26.0 Å². The number of pyridine rings is 1. The average Bonchev–Trinajstić information content (AvgIpc) is 3.42. The van der Waals surface area contributed by atoms with Gasteiger partial charge < -0.3 is 10.0 Å². The molecule has 2 heterocycles. The molecule has 194 valence electrons. The number of thiazole rings is 1. The summed E-state index contributed by atoms with van der Waals surface area (Å²) in [5.41, 5.74) is 4.53. The van der Waals surface area contributed by atoms with E-state index in [4.69, 9.17) is 4.98 Å². The van der Waals surface area contributed by atoms with Gasteiger partial charge in [-0.05, 0) is 23.6 Å². The van der Waals surface area contributed by atoms with E-state index >= 15 is 0 Å². The Bertz CT molecular complexity index is 1430. The fourth-order valence-corrected chi connectivity index (χ4v) is 4.93. The van der Waals surface area contributed by atoms with Crippen molar-refractivity contribution in [1.82, 2.24) is 14.9 Å². The molecule has 0 aliphatic heterocycles. The van der Waals surface area contributed by atoms with Gasteiger partial charge in [0.25, 0.3) is 5.91 Å². The van der Waals surface area contributed by atoms with E-state index in [9.17, 15) is 19.5 Å². The van der Waals surface area contributed by atoms with Crippen molar-refractivity contribution in [3.63, 3.8) is 0 Å². The van der Waals surface area contributed by atoms with Crippen LogP contribution < -0.4 is 4.90 Å². The van der Waals surface area contributed by atoms with E-state index in [1.807, 2.05) is 66.0 Å². The zero-order chi connectivity index (χ0) is 27.2. The third kappa shape index (κ3) is 6.12. The number of carbonyl (C=O) groups excluding carboxylic acids is 2. The highest BCUT2D eigenvalue weighted by Gasteiger charge is 2.27. The lowest BCUT2D eigenvalue weighted by atomic mass is 9.95. The molecule has 1 atom stereocenters. The molecule has 38 heavy (non-hydrogen) atoms. The van der Waals surface area contributed by atoms with Gasteiger partial charge in [-0.3, -0.25) is 24.3 Å². The number of aromatic nitrogens is 2. The number of hydrogen-bond acceptors (Lipinski definition) is 6. The van der Waals surface area contributed by atoms with E-state index in [1.54, 1.807) is 33.4 Å². The lowest BCUT2D eigenvalue weighted by molar-refractivity contribution is -0.140. The van der Waals surface area contributed by atoms with Crippen LogP contribution in [0.5, 0.6) is 0 Å². The molecule has 0 bridgehead atoms. The molecule has 9 heteroatoms. The summed E-state index contributed by atoms with van der Waals surface area (Å²) in [6.45, 7) is 0. The second-order valence-electron chi connectivity index (χ2n) is 9.07. The van der Waals surface area contributed by atoms with Crippen LogP contribution in [0.3, 0.4) is 0 Å². The molecule has 0 aliphatic rings. The second kappa shape index (κ2) is 11.8. The number of benzene rings is 2. The molecule has 2 aromatic heterocycles. The van der Waals surface area contributed by atoms with Gasteiger partial charge in [0.1, 0.15) is 5.69 Å². The molecule has 2 amide bonds. The fraction of sp³-hybridized carbons (Fsp3) is 0.207. The molecule has 4 aromatic rings. The third-order valence-corrected chi connectivity index (χ3v) is 7.02. The summed E-state index contributed by atoms with van der Waals surface area (Å²) in [5.74, 6) is -2.20. The van der Waals surface area contributed by atoms with Crippen LogP contribution >= 0.6 is 11.3 Å². The number of rotatable bonds is 9. The summed E-state index contributed by atoms with van der Waals surface area (Å²) in [4.78, 5) is 49.0. The minimum atomic E-state index is -1.02. The summed E-state index contributed by atoms with van der Waals surface area (Å²) >= 11 is 1.32. The maximum Gasteiger partial charge on any atom is 0.304 e. The molecular weight excluding hydrogens is 500 g/mol. The zero-order valence-electron chi connectivity index (χ0n) is 21.4. The smallest absolute Gasteiger partial charge is 0.304 e. The van der Waals surface area contributed by atoms with Crippen LogP contribution in [0.15, 0.2) is 78.3 Å². The minimum Gasteiger partial charge on any atom is -0.481 e. The van der Waals surface area contributed by atoms with Gasteiger partial charge in [0, 0.05) is 43.8 Å². The Morgan fingerprint density at radius 2 is 1.61 bits per heavy atom. The van der Waals surface area contributed by atoms with Crippen molar-refractivity contribution in [3.05, 3.63) is 89.6 Å². The summed E-state index contributed by atoms with van der Waals surface area (Å²) in [5, 5.41) is 11.8. The van der Waals surface area contributed by atoms with E-state index in [1.165, 1.54) is 21.1 Å². The largest absolute Gasteiger partial charge is 0.481 e. The van der Waals surface area contributed by atoms with Crippen molar-refractivity contribution >= 4 is 34.3 Å². The highest BCUT2D eigenvalue weighted by atomic mass is 32.1. The van der Waals surface area contributed by atoms with E-state index in [0.717, 1.165) is 22.3 Å². The van der Waals surface area contributed by atoms with E-state index in [2.05, 4.69) is 4.98 Å². The maximum absolute atomic E-state index is 13.3. The number of carboxylic acids is 1. The molecule has 0 unspecified atom stereocenters. The Morgan fingerprint density at radius 1 is 0.921 bits per heavy atom. The van der Waals surface area contributed by atoms with Crippen LogP contribution in [0.1, 0.15) is 22.5 Å². The normalized spacial score (nSPS) is 11.6. The number of aliphatic carboxylic acids is 1. The van der Waals surface area contributed by atoms with E-state index < -0.39 is 11.9 Å². The van der Waals surface area contributed by atoms with Gasteiger partial charge in [-0.1, -0.05) is 60.7 Å². The number of carboxylic acid groups (broad SMARTS) is 1. The monoisotopic (exact) mass is 528 g/mol. The summed E-state index contributed by atoms with van der Waals surface area (Å²) in [6.07, 6.45) is 1.73. The molecule has 0 spiro atoms. The summed E-state index contributed by atoms with van der Waals surface area (Å²) in [7, 11) is 4.99. The van der Waals surface area contributed by atoms with Crippen LogP contribution in [0, 0.1) is 5.92 Å². The number of hydrogen-bond donors (Lipinski definition) is 1. The summed E-state index contributed by atoms with van der Waals surface area (Å²) < 4.78 is 0. The Kier molecular flexibility index (Phi) is 8.28. The Morgan fingerprint density at radius 3 is 2.24 bits per heavy atom. The molecule has 0 saturated heterocycles. The number of carbonyl (C=O) groups is 3. The number of anilines is 1. The van der Waals surface area contributed by atoms with Gasteiger partial charge in [-0.25, -0.2) is 4.98 Å². The SMILES string of the molecule is CN(C)C(=O)c1ccc(-c2ccccc2-c2csc(N(C)C(=O)[C@@H](CC(=O)O)Cc3ccccc3)n2)cn1. The van der Waals surface area contributed by atoms with Gasteiger partial charge >= 0.3 is 5.97 Å². The van der Waals surface area contributed by atoms with Gasteiger partial charge in [-0.15, -0.1) is 11.3 Å². The fourth-order valence-electron chi connectivity index (χ4n) is 4.13. The Hall–Kier alpha value is -4.37. The van der Waals surface area contributed by atoms with Crippen LogP contribution in [-0.4, -0.2) is 58.9 Å². The van der Waals surface area contributed by atoms with Crippen molar-refractivity contribution in [2.24, 2.45) is 5.92 Å². The first-order valence-electron chi connectivity index (χ1n) is 12.0. The van der Waals surface area contributed by atoms with Gasteiger partial charge in [-0.2, -0.15) is 0 Å². The van der Waals surface area contributed by atoms with Crippen molar-refractivity contribution in [2.45, 2.75) is 12.8 Å². The topological polar surface area (TPSA) is 104 Å². The number of nitrogens with zero attached hydrogens (tertiary/aromatic N) is 4. The molecule has 0 fully saturated rings. The maximum atomic E-state index is 13.3. The van der Waals surface area contributed by atoms with Crippen molar-refractivity contribution < 1.29 is 19.5 Å². The van der Waals surface area contributed by atoms with E-state index in [-0.39, 0.29) is 18.2 Å². The summed E-state index contributed by atoms with van der Waals surface area (Å²) in [6, 6.07) is 20.7. The van der Waals surface area contributed by atoms with Crippen LogP contribution in [0.2, 0.25) is 0 Å². The first-order chi connectivity index (χ1) is 18.2. The second-order valence-corrected chi connectivity index (χ2v) is 9.91. The van der Waals surface area contributed by atoms with Crippen LogP contribution in [-0.2, 0) is 16.0 Å². The average molecular weight is 529 g/mol. The van der Waals surface area contributed by atoms with Crippen LogP contribution in [0.4, 0.5) is 5.13 Å². The Labute approximate surface area is 225 Å². The highest BCUT2D eigenvalue weighted by molar-refractivity contribution is 7.14. The minimum absolute atomic E-state index is 0.171.